The SMILES string of the molecule is C1=C(c2cccc3c2CCN3c2ccc(OCc3ccccc3)nc2OCc2ccccc2)CCC2(C1)OCCO2. The van der Waals surface area contributed by atoms with Crippen LogP contribution in [0.3, 0.4) is 0 Å². The van der Waals surface area contributed by atoms with Gasteiger partial charge in [0.2, 0.25) is 11.8 Å². The van der Waals surface area contributed by atoms with Gasteiger partial charge in [-0.15, -0.1) is 0 Å². The van der Waals surface area contributed by atoms with Gasteiger partial charge in [-0.3, -0.25) is 0 Å². The van der Waals surface area contributed by atoms with Gasteiger partial charge in [-0.25, -0.2) is 0 Å². The van der Waals surface area contributed by atoms with Gasteiger partial charge in [0, 0.05) is 31.1 Å². The van der Waals surface area contributed by atoms with E-state index >= 15 is 0 Å². The lowest BCUT2D eigenvalue weighted by Crippen LogP contribution is -2.31. The standard InChI is InChI=1S/C35H34N2O4/c1-3-8-26(9-4-1)24-38-33-15-14-32(34(36-33)39-25-27-10-5-2-6-11-27)37-21-18-30-29(12-7-13-31(30)37)28-16-19-35(20-17-28)40-22-23-41-35/h1-16H,17-25H2. The number of nitrogens with zero attached hydrogens (tertiary/aromatic N) is 2. The number of fused-ring (bicyclic) bond motifs is 1. The molecule has 0 N–H and O–H groups in total. The molecular weight excluding hydrogens is 512 g/mol. The van der Waals surface area contributed by atoms with Crippen LogP contribution >= 0.6 is 0 Å². The minimum absolute atomic E-state index is 0.408. The molecule has 3 aliphatic rings. The molecule has 0 atom stereocenters. The van der Waals surface area contributed by atoms with Gasteiger partial charge in [-0.05, 0) is 52.8 Å². The first-order valence-corrected chi connectivity index (χ1v) is 14.5. The number of pyridine rings is 1. The normalized spacial score (nSPS) is 17.4. The molecule has 0 radical (unpaired) electrons. The Morgan fingerprint density at radius 2 is 1.46 bits per heavy atom. The average molecular weight is 547 g/mol. The molecule has 3 aromatic carbocycles. The second-order valence-corrected chi connectivity index (χ2v) is 10.8. The topological polar surface area (TPSA) is 53.1 Å². The van der Waals surface area contributed by atoms with Crippen LogP contribution in [0.25, 0.3) is 5.57 Å². The molecule has 6 heteroatoms. The number of rotatable bonds is 8. The van der Waals surface area contributed by atoms with E-state index in [2.05, 4.69) is 59.5 Å². The zero-order valence-corrected chi connectivity index (χ0v) is 23.1. The van der Waals surface area contributed by atoms with E-state index in [1.807, 2.05) is 42.5 Å². The minimum atomic E-state index is -0.408. The summed E-state index contributed by atoms with van der Waals surface area (Å²) in [4.78, 5) is 7.18. The fourth-order valence-electron chi connectivity index (χ4n) is 6.06. The molecular formula is C35H34N2O4. The molecule has 4 aromatic rings. The number of anilines is 2. The fraction of sp³-hybridized carbons (Fsp3) is 0.286. The lowest BCUT2D eigenvalue weighted by atomic mass is 9.87. The largest absolute Gasteiger partial charge is 0.473 e. The van der Waals surface area contributed by atoms with E-state index in [1.54, 1.807) is 0 Å². The zero-order valence-electron chi connectivity index (χ0n) is 23.1. The summed E-state index contributed by atoms with van der Waals surface area (Å²) in [5.74, 6) is 0.715. The van der Waals surface area contributed by atoms with Crippen LogP contribution in [0.15, 0.2) is 97.1 Å². The summed E-state index contributed by atoms with van der Waals surface area (Å²) in [6, 6.07) is 31.0. The van der Waals surface area contributed by atoms with Crippen LogP contribution < -0.4 is 14.4 Å². The maximum atomic E-state index is 6.37. The number of benzene rings is 3. The van der Waals surface area contributed by atoms with Crippen LogP contribution in [-0.4, -0.2) is 30.5 Å². The fourth-order valence-corrected chi connectivity index (χ4v) is 6.06. The number of ether oxygens (including phenoxy) is 4. The van der Waals surface area contributed by atoms with Crippen molar-refractivity contribution in [3.63, 3.8) is 0 Å². The molecule has 41 heavy (non-hydrogen) atoms. The minimum Gasteiger partial charge on any atom is -0.473 e. The van der Waals surface area contributed by atoms with Gasteiger partial charge in [-0.1, -0.05) is 78.9 Å². The van der Waals surface area contributed by atoms with Gasteiger partial charge in [-0.2, -0.15) is 4.98 Å². The van der Waals surface area contributed by atoms with Crippen LogP contribution in [0, 0.1) is 0 Å². The Bertz CT molecular complexity index is 1530. The maximum Gasteiger partial charge on any atom is 0.241 e. The predicted molar refractivity (Wildman–Crippen MR) is 159 cm³/mol. The quantitative estimate of drug-likeness (QED) is 0.232. The Morgan fingerprint density at radius 3 is 2.17 bits per heavy atom. The average Bonchev–Trinajstić information content (AvgIpc) is 3.68. The summed E-state index contributed by atoms with van der Waals surface area (Å²) in [5.41, 5.74) is 8.45. The van der Waals surface area contributed by atoms with Crippen LogP contribution in [0.2, 0.25) is 0 Å². The molecule has 1 saturated heterocycles. The molecule has 1 fully saturated rings. The van der Waals surface area contributed by atoms with Gasteiger partial charge in [0.25, 0.3) is 0 Å². The predicted octanol–water partition coefficient (Wildman–Crippen LogP) is 7.24. The van der Waals surface area contributed by atoms with Gasteiger partial charge >= 0.3 is 0 Å². The molecule has 7 rings (SSSR count). The van der Waals surface area contributed by atoms with Crippen molar-refractivity contribution in [2.24, 2.45) is 0 Å². The van der Waals surface area contributed by atoms with Crippen molar-refractivity contribution in [3.8, 4) is 11.8 Å². The third-order valence-electron chi connectivity index (χ3n) is 8.18. The first kappa shape index (κ1) is 25.8. The van der Waals surface area contributed by atoms with Crippen molar-refractivity contribution in [3.05, 3.63) is 119 Å². The van der Waals surface area contributed by atoms with E-state index in [0.717, 1.165) is 49.0 Å². The van der Waals surface area contributed by atoms with Crippen LogP contribution in [0.1, 0.15) is 41.5 Å². The van der Waals surface area contributed by atoms with Gasteiger partial charge < -0.3 is 23.8 Å². The summed E-state index contributed by atoms with van der Waals surface area (Å²) >= 11 is 0. The first-order valence-electron chi connectivity index (χ1n) is 14.5. The van der Waals surface area contributed by atoms with Crippen molar-refractivity contribution < 1.29 is 18.9 Å². The molecule has 0 saturated carbocycles. The van der Waals surface area contributed by atoms with Gasteiger partial charge in [0.15, 0.2) is 5.79 Å². The molecule has 0 unspecified atom stereocenters. The smallest absolute Gasteiger partial charge is 0.241 e. The number of aromatic nitrogens is 1. The molecule has 0 bridgehead atoms. The molecule has 6 nitrogen and oxygen atoms in total. The van der Waals surface area contributed by atoms with Crippen LogP contribution in [0.4, 0.5) is 11.4 Å². The Hall–Kier alpha value is -4.13. The Morgan fingerprint density at radius 1 is 0.732 bits per heavy atom. The van der Waals surface area contributed by atoms with E-state index in [4.69, 9.17) is 23.9 Å². The lowest BCUT2D eigenvalue weighted by Gasteiger charge is -2.31. The van der Waals surface area contributed by atoms with Gasteiger partial charge in [0.05, 0.1) is 13.2 Å². The molecule has 3 heterocycles. The second-order valence-electron chi connectivity index (χ2n) is 10.8. The highest BCUT2D eigenvalue weighted by Gasteiger charge is 2.38. The molecule has 2 aliphatic heterocycles. The Labute approximate surface area is 241 Å². The number of hydrogen-bond donors (Lipinski definition) is 0. The molecule has 1 spiro atoms. The summed E-state index contributed by atoms with van der Waals surface area (Å²) in [7, 11) is 0. The van der Waals surface area contributed by atoms with E-state index in [-0.39, 0.29) is 0 Å². The summed E-state index contributed by atoms with van der Waals surface area (Å²) < 4.78 is 24.3. The Balaban J connectivity index is 1.17. The lowest BCUT2D eigenvalue weighted by molar-refractivity contribution is -0.159. The van der Waals surface area contributed by atoms with E-state index in [1.165, 1.54) is 22.4 Å². The van der Waals surface area contributed by atoms with Crippen molar-refractivity contribution in [1.82, 2.24) is 4.98 Å². The van der Waals surface area contributed by atoms with Crippen molar-refractivity contribution in [2.75, 3.05) is 24.7 Å². The molecule has 1 aliphatic carbocycles. The monoisotopic (exact) mass is 546 g/mol. The van der Waals surface area contributed by atoms with E-state index in [0.29, 0.717) is 38.2 Å². The third-order valence-corrected chi connectivity index (χ3v) is 8.18. The summed E-state index contributed by atoms with van der Waals surface area (Å²) in [6.07, 6.45) is 5.95. The maximum absolute atomic E-state index is 6.37. The third kappa shape index (κ3) is 5.45. The second kappa shape index (κ2) is 11.4. The number of hydrogen-bond acceptors (Lipinski definition) is 6. The zero-order chi connectivity index (χ0) is 27.5. The van der Waals surface area contributed by atoms with Gasteiger partial charge in [0.1, 0.15) is 18.9 Å². The highest BCUT2D eigenvalue weighted by Crippen LogP contribution is 2.45. The highest BCUT2D eigenvalue weighted by atomic mass is 16.7. The Kier molecular flexibility index (Phi) is 7.17. The van der Waals surface area contributed by atoms with E-state index < -0.39 is 5.79 Å². The molecule has 1 aromatic heterocycles. The number of allylic oxidation sites excluding steroid dienone is 1. The van der Waals surface area contributed by atoms with Crippen LogP contribution in [0.5, 0.6) is 11.8 Å². The summed E-state index contributed by atoms with van der Waals surface area (Å²) in [6.45, 7) is 3.13. The molecule has 0 amide bonds. The van der Waals surface area contributed by atoms with Crippen molar-refractivity contribution in [1.29, 1.82) is 0 Å². The molecule has 208 valence electrons. The van der Waals surface area contributed by atoms with E-state index in [9.17, 15) is 0 Å². The summed E-state index contributed by atoms with van der Waals surface area (Å²) in [5, 5.41) is 0. The first-order chi connectivity index (χ1) is 20.3. The van der Waals surface area contributed by atoms with Crippen molar-refractivity contribution >= 4 is 16.9 Å². The van der Waals surface area contributed by atoms with Crippen molar-refractivity contribution in [2.45, 2.75) is 44.7 Å². The van der Waals surface area contributed by atoms with Crippen LogP contribution in [-0.2, 0) is 29.1 Å². The highest BCUT2D eigenvalue weighted by molar-refractivity contribution is 5.80.